The molecule has 0 aromatic carbocycles. The van der Waals surface area contributed by atoms with Crippen LogP contribution in [-0.2, 0) is 0 Å². The van der Waals surface area contributed by atoms with Crippen molar-refractivity contribution in [1.29, 1.82) is 0 Å². The highest BCUT2D eigenvalue weighted by Gasteiger charge is 2.20. The first-order chi connectivity index (χ1) is 6.81. The molecule has 1 unspecified atom stereocenters. The standard InChI is InChI=1S/C12H20N2/c1-3-10-9-12(10)13-7-6-11-5-4-8-14(11)2/h7,11H,3-6,8-9H2,1-2H3/b13-7-. The highest BCUT2D eigenvalue weighted by molar-refractivity contribution is 5.61. The predicted molar refractivity (Wildman–Crippen MR) is 60.7 cm³/mol. The molecule has 78 valence electrons. The fourth-order valence-electron chi connectivity index (χ4n) is 2.19. The zero-order valence-corrected chi connectivity index (χ0v) is 9.29. The van der Waals surface area contributed by atoms with Crippen LogP contribution < -0.4 is 0 Å². The van der Waals surface area contributed by atoms with Gasteiger partial charge in [-0.1, -0.05) is 6.92 Å². The lowest BCUT2D eigenvalue weighted by atomic mass is 10.2. The summed E-state index contributed by atoms with van der Waals surface area (Å²) in [5.74, 6) is 0. The van der Waals surface area contributed by atoms with E-state index in [9.17, 15) is 0 Å². The van der Waals surface area contributed by atoms with Crippen LogP contribution in [0.2, 0.25) is 0 Å². The maximum atomic E-state index is 4.51. The van der Waals surface area contributed by atoms with Crippen molar-refractivity contribution in [1.82, 2.24) is 4.90 Å². The van der Waals surface area contributed by atoms with Crippen molar-refractivity contribution in [3.05, 3.63) is 11.3 Å². The topological polar surface area (TPSA) is 15.6 Å². The Morgan fingerprint density at radius 1 is 1.57 bits per heavy atom. The summed E-state index contributed by atoms with van der Waals surface area (Å²) in [4.78, 5) is 6.97. The predicted octanol–water partition coefficient (Wildman–Crippen LogP) is 2.61. The molecule has 0 spiro atoms. The van der Waals surface area contributed by atoms with Gasteiger partial charge in [0.15, 0.2) is 0 Å². The van der Waals surface area contributed by atoms with Crippen LogP contribution in [0.3, 0.4) is 0 Å². The lowest BCUT2D eigenvalue weighted by Crippen LogP contribution is -2.24. The van der Waals surface area contributed by atoms with Crippen molar-refractivity contribution >= 4 is 6.21 Å². The Morgan fingerprint density at radius 3 is 3.00 bits per heavy atom. The molecule has 1 aliphatic carbocycles. The summed E-state index contributed by atoms with van der Waals surface area (Å²) >= 11 is 0. The van der Waals surface area contributed by atoms with Crippen LogP contribution in [0.15, 0.2) is 16.3 Å². The molecule has 1 atom stereocenters. The van der Waals surface area contributed by atoms with Gasteiger partial charge in [0, 0.05) is 24.4 Å². The van der Waals surface area contributed by atoms with Crippen LogP contribution in [0.4, 0.5) is 0 Å². The normalized spacial score (nSPS) is 28.0. The molecule has 2 nitrogen and oxygen atoms in total. The van der Waals surface area contributed by atoms with Crippen LogP contribution in [0.5, 0.6) is 0 Å². The fraction of sp³-hybridized carbons (Fsp3) is 0.750. The molecule has 1 heterocycles. The van der Waals surface area contributed by atoms with Gasteiger partial charge in [-0.15, -0.1) is 0 Å². The molecule has 0 aromatic heterocycles. The Hall–Kier alpha value is -0.630. The molecule has 2 heteroatoms. The van der Waals surface area contributed by atoms with Crippen LogP contribution in [-0.4, -0.2) is 30.7 Å². The monoisotopic (exact) mass is 192 g/mol. The Balaban J connectivity index is 1.74. The van der Waals surface area contributed by atoms with Crippen LogP contribution in [0.25, 0.3) is 0 Å². The quantitative estimate of drug-likeness (QED) is 0.625. The van der Waals surface area contributed by atoms with E-state index in [1.807, 2.05) is 0 Å². The molecular weight excluding hydrogens is 172 g/mol. The highest BCUT2D eigenvalue weighted by Crippen LogP contribution is 2.34. The second kappa shape index (κ2) is 4.26. The molecule has 1 saturated heterocycles. The lowest BCUT2D eigenvalue weighted by molar-refractivity contribution is 0.319. The van der Waals surface area contributed by atoms with E-state index < -0.39 is 0 Å². The molecule has 0 saturated carbocycles. The van der Waals surface area contributed by atoms with Crippen molar-refractivity contribution in [2.45, 2.75) is 45.1 Å². The summed E-state index contributed by atoms with van der Waals surface area (Å²) in [6, 6.07) is 0.753. The van der Waals surface area contributed by atoms with Gasteiger partial charge in [-0.25, -0.2) is 0 Å². The molecule has 1 fully saturated rings. The first-order valence-corrected chi connectivity index (χ1v) is 5.75. The van der Waals surface area contributed by atoms with Crippen molar-refractivity contribution in [2.24, 2.45) is 4.99 Å². The zero-order valence-electron chi connectivity index (χ0n) is 9.29. The molecule has 0 aromatic rings. The van der Waals surface area contributed by atoms with E-state index in [0.717, 1.165) is 12.5 Å². The van der Waals surface area contributed by atoms with E-state index in [2.05, 4.69) is 30.1 Å². The number of allylic oxidation sites excluding steroid dienone is 2. The summed E-state index contributed by atoms with van der Waals surface area (Å²) in [7, 11) is 2.22. The van der Waals surface area contributed by atoms with E-state index in [1.54, 1.807) is 5.57 Å². The molecule has 14 heavy (non-hydrogen) atoms. The van der Waals surface area contributed by atoms with Gasteiger partial charge in [0.2, 0.25) is 0 Å². The van der Waals surface area contributed by atoms with Gasteiger partial charge in [0.1, 0.15) is 0 Å². The molecular formula is C12H20N2. The summed E-state index contributed by atoms with van der Waals surface area (Å²) in [5, 5.41) is 0. The summed E-state index contributed by atoms with van der Waals surface area (Å²) in [5.41, 5.74) is 2.91. The molecule has 0 amide bonds. The third-order valence-electron chi connectivity index (χ3n) is 3.39. The molecule has 0 N–H and O–H groups in total. The average molecular weight is 192 g/mol. The van der Waals surface area contributed by atoms with Crippen molar-refractivity contribution in [3.63, 3.8) is 0 Å². The van der Waals surface area contributed by atoms with E-state index in [1.165, 1.54) is 37.9 Å². The molecule has 2 rings (SSSR count). The van der Waals surface area contributed by atoms with Gasteiger partial charge < -0.3 is 4.90 Å². The minimum absolute atomic E-state index is 0.753. The van der Waals surface area contributed by atoms with Crippen molar-refractivity contribution in [2.75, 3.05) is 13.6 Å². The first-order valence-electron chi connectivity index (χ1n) is 5.75. The van der Waals surface area contributed by atoms with Crippen LogP contribution in [0.1, 0.15) is 39.0 Å². The molecule has 0 radical (unpaired) electrons. The Morgan fingerprint density at radius 2 is 2.43 bits per heavy atom. The number of likely N-dealkylation sites (tertiary alicyclic amines) is 1. The number of nitrogens with zero attached hydrogens (tertiary/aromatic N) is 2. The van der Waals surface area contributed by atoms with Gasteiger partial charge in [-0.2, -0.15) is 0 Å². The molecule has 0 bridgehead atoms. The minimum atomic E-state index is 0.753. The summed E-state index contributed by atoms with van der Waals surface area (Å²) in [6.07, 6.45) is 8.34. The largest absolute Gasteiger partial charge is 0.303 e. The van der Waals surface area contributed by atoms with E-state index in [0.29, 0.717) is 0 Å². The Labute approximate surface area is 86.7 Å². The van der Waals surface area contributed by atoms with Gasteiger partial charge >= 0.3 is 0 Å². The second-order valence-electron chi connectivity index (χ2n) is 4.40. The number of aliphatic imine (C=N–C) groups is 1. The second-order valence-corrected chi connectivity index (χ2v) is 4.40. The Bertz CT molecular complexity index is 265. The van der Waals surface area contributed by atoms with Crippen molar-refractivity contribution < 1.29 is 0 Å². The van der Waals surface area contributed by atoms with Crippen LogP contribution >= 0.6 is 0 Å². The SMILES string of the molecule is CCC1=C(/N=C\CC2CCCN2C)C1. The fourth-order valence-corrected chi connectivity index (χ4v) is 2.19. The maximum Gasteiger partial charge on any atom is 0.0436 e. The van der Waals surface area contributed by atoms with E-state index in [-0.39, 0.29) is 0 Å². The number of hydrogen-bond acceptors (Lipinski definition) is 2. The third kappa shape index (κ3) is 2.24. The van der Waals surface area contributed by atoms with Gasteiger partial charge in [0.05, 0.1) is 0 Å². The van der Waals surface area contributed by atoms with Gasteiger partial charge in [-0.3, -0.25) is 4.99 Å². The molecule has 1 aliphatic heterocycles. The van der Waals surface area contributed by atoms with E-state index in [4.69, 9.17) is 0 Å². The summed E-state index contributed by atoms with van der Waals surface area (Å²) < 4.78 is 0. The minimum Gasteiger partial charge on any atom is -0.303 e. The van der Waals surface area contributed by atoms with Crippen molar-refractivity contribution in [3.8, 4) is 0 Å². The highest BCUT2D eigenvalue weighted by atomic mass is 15.1. The smallest absolute Gasteiger partial charge is 0.0436 e. The summed E-state index contributed by atoms with van der Waals surface area (Å²) in [6.45, 7) is 3.48. The first kappa shape index (κ1) is 9.91. The number of hydrogen-bond donors (Lipinski definition) is 0. The maximum absolute atomic E-state index is 4.51. The van der Waals surface area contributed by atoms with E-state index >= 15 is 0 Å². The Kier molecular flexibility index (Phi) is 3.02. The van der Waals surface area contributed by atoms with Crippen LogP contribution in [0, 0.1) is 0 Å². The lowest BCUT2D eigenvalue weighted by Gasteiger charge is -2.16. The van der Waals surface area contributed by atoms with Gasteiger partial charge in [-0.05, 0) is 44.8 Å². The zero-order chi connectivity index (χ0) is 9.97. The van der Waals surface area contributed by atoms with Gasteiger partial charge in [0.25, 0.3) is 0 Å². The number of rotatable bonds is 4. The average Bonchev–Trinajstić information content (AvgIpc) is 2.83. The third-order valence-corrected chi connectivity index (χ3v) is 3.39. The molecule has 2 aliphatic rings.